The molecule has 0 bridgehead atoms. The van der Waals surface area contributed by atoms with Crippen LogP contribution in [0.5, 0.6) is 0 Å². The van der Waals surface area contributed by atoms with Crippen molar-refractivity contribution in [3.8, 4) is 0 Å². The zero-order valence-electron chi connectivity index (χ0n) is 7.32. The molecule has 0 N–H and O–H groups in total. The maximum absolute atomic E-state index is 11.2. The minimum atomic E-state index is 0.0109. The Morgan fingerprint density at radius 1 is 1.23 bits per heavy atom. The van der Waals surface area contributed by atoms with E-state index in [0.29, 0.717) is 5.69 Å². The van der Waals surface area contributed by atoms with Gasteiger partial charge in [-0.05, 0) is 11.5 Å². The van der Waals surface area contributed by atoms with Crippen molar-refractivity contribution in [2.24, 2.45) is 0 Å². The molecule has 0 amide bonds. The number of benzene rings is 1. The molecule has 2 heteroatoms. The minimum absolute atomic E-state index is 0.0109. The van der Waals surface area contributed by atoms with Gasteiger partial charge in [0.25, 0.3) is 0 Å². The first-order valence-corrected chi connectivity index (χ1v) is 4.14. The summed E-state index contributed by atoms with van der Waals surface area (Å²) in [7, 11) is 0. The highest BCUT2D eigenvalue weighted by Gasteiger charge is 2.04. The van der Waals surface area contributed by atoms with Crippen molar-refractivity contribution in [1.82, 2.24) is 4.98 Å². The van der Waals surface area contributed by atoms with Crippen LogP contribution >= 0.6 is 0 Å². The molecular weight excluding hydrogens is 162 g/mol. The Morgan fingerprint density at radius 3 is 2.77 bits per heavy atom. The Kier molecular flexibility index (Phi) is 1.81. The van der Waals surface area contributed by atoms with Gasteiger partial charge in [-0.1, -0.05) is 24.3 Å². The normalized spacial score (nSPS) is 10.2. The maximum Gasteiger partial charge on any atom is 0.178 e. The SMILES string of the molecule is CC(=O)c1nccc2ccccc12. The van der Waals surface area contributed by atoms with E-state index in [1.165, 1.54) is 6.92 Å². The van der Waals surface area contributed by atoms with E-state index in [0.717, 1.165) is 10.8 Å². The summed E-state index contributed by atoms with van der Waals surface area (Å²) in [5, 5.41) is 1.99. The highest BCUT2D eigenvalue weighted by molar-refractivity contribution is 6.04. The van der Waals surface area contributed by atoms with Gasteiger partial charge in [-0.3, -0.25) is 9.78 Å². The Labute approximate surface area is 76.2 Å². The number of carbonyl (C=O) groups is 1. The number of fused-ring (bicyclic) bond motifs is 1. The lowest BCUT2D eigenvalue weighted by molar-refractivity contribution is 0.101. The Balaban J connectivity index is 2.83. The largest absolute Gasteiger partial charge is 0.293 e. The molecule has 0 aliphatic rings. The van der Waals surface area contributed by atoms with E-state index in [9.17, 15) is 4.79 Å². The summed E-state index contributed by atoms with van der Waals surface area (Å²) >= 11 is 0. The molecule has 0 spiro atoms. The highest BCUT2D eigenvalue weighted by atomic mass is 16.1. The fraction of sp³-hybridized carbons (Fsp3) is 0.0909. The van der Waals surface area contributed by atoms with Crippen molar-refractivity contribution >= 4 is 16.6 Å². The van der Waals surface area contributed by atoms with Crippen LogP contribution in [0.4, 0.5) is 0 Å². The van der Waals surface area contributed by atoms with E-state index in [1.807, 2.05) is 30.3 Å². The lowest BCUT2D eigenvalue weighted by Crippen LogP contribution is -1.96. The van der Waals surface area contributed by atoms with Crippen molar-refractivity contribution in [1.29, 1.82) is 0 Å². The number of hydrogen-bond donors (Lipinski definition) is 0. The van der Waals surface area contributed by atoms with Gasteiger partial charge in [0, 0.05) is 18.5 Å². The maximum atomic E-state index is 11.2. The minimum Gasteiger partial charge on any atom is -0.293 e. The van der Waals surface area contributed by atoms with Crippen molar-refractivity contribution in [3.05, 3.63) is 42.2 Å². The number of Topliss-reactive ketones (excluding diaryl/α,β-unsaturated/α-hetero) is 1. The number of pyridine rings is 1. The van der Waals surface area contributed by atoms with E-state index < -0.39 is 0 Å². The van der Waals surface area contributed by atoms with Gasteiger partial charge in [-0.2, -0.15) is 0 Å². The number of ketones is 1. The third kappa shape index (κ3) is 1.31. The predicted octanol–water partition coefficient (Wildman–Crippen LogP) is 2.44. The zero-order chi connectivity index (χ0) is 9.26. The van der Waals surface area contributed by atoms with E-state index in [4.69, 9.17) is 0 Å². The predicted molar refractivity (Wildman–Crippen MR) is 51.7 cm³/mol. The Hall–Kier alpha value is -1.70. The van der Waals surface area contributed by atoms with Crippen molar-refractivity contribution in [2.45, 2.75) is 6.92 Å². The summed E-state index contributed by atoms with van der Waals surface area (Å²) in [4.78, 5) is 15.3. The Bertz CT molecular complexity index is 457. The molecule has 0 saturated heterocycles. The first-order chi connectivity index (χ1) is 6.29. The van der Waals surface area contributed by atoms with E-state index in [1.54, 1.807) is 6.20 Å². The van der Waals surface area contributed by atoms with Gasteiger partial charge < -0.3 is 0 Å². The average molecular weight is 171 g/mol. The standard InChI is InChI=1S/C11H9NO/c1-8(13)11-10-5-3-2-4-9(10)6-7-12-11/h2-7H,1H3. The first kappa shape index (κ1) is 7.92. The van der Waals surface area contributed by atoms with Gasteiger partial charge in [0.2, 0.25) is 0 Å². The Morgan fingerprint density at radius 2 is 2.00 bits per heavy atom. The van der Waals surface area contributed by atoms with Gasteiger partial charge in [-0.15, -0.1) is 0 Å². The van der Waals surface area contributed by atoms with Crippen molar-refractivity contribution < 1.29 is 4.79 Å². The van der Waals surface area contributed by atoms with Gasteiger partial charge in [0.1, 0.15) is 5.69 Å². The smallest absolute Gasteiger partial charge is 0.178 e. The summed E-state index contributed by atoms with van der Waals surface area (Å²) in [5.41, 5.74) is 0.554. The van der Waals surface area contributed by atoms with Gasteiger partial charge >= 0.3 is 0 Å². The highest BCUT2D eigenvalue weighted by Crippen LogP contribution is 2.16. The lowest BCUT2D eigenvalue weighted by Gasteiger charge is -2.00. The average Bonchev–Trinajstić information content (AvgIpc) is 2.17. The van der Waals surface area contributed by atoms with Gasteiger partial charge in [0.15, 0.2) is 5.78 Å². The second-order valence-electron chi connectivity index (χ2n) is 2.94. The summed E-state index contributed by atoms with van der Waals surface area (Å²) in [6.45, 7) is 1.54. The molecule has 2 rings (SSSR count). The fourth-order valence-corrected chi connectivity index (χ4v) is 1.40. The van der Waals surface area contributed by atoms with Crippen LogP contribution in [-0.2, 0) is 0 Å². The quantitative estimate of drug-likeness (QED) is 0.617. The molecule has 1 aromatic carbocycles. The van der Waals surface area contributed by atoms with Crippen LogP contribution in [0, 0.1) is 0 Å². The zero-order valence-corrected chi connectivity index (χ0v) is 7.32. The first-order valence-electron chi connectivity index (χ1n) is 4.14. The molecule has 2 nitrogen and oxygen atoms in total. The third-order valence-corrected chi connectivity index (χ3v) is 2.01. The van der Waals surface area contributed by atoms with Crippen LogP contribution in [-0.4, -0.2) is 10.8 Å². The van der Waals surface area contributed by atoms with E-state index >= 15 is 0 Å². The third-order valence-electron chi connectivity index (χ3n) is 2.01. The van der Waals surface area contributed by atoms with Crippen LogP contribution in [0.3, 0.4) is 0 Å². The molecule has 0 fully saturated rings. The van der Waals surface area contributed by atoms with Gasteiger partial charge in [0.05, 0.1) is 0 Å². The molecule has 2 aromatic rings. The molecule has 1 aromatic heterocycles. The van der Waals surface area contributed by atoms with E-state index in [-0.39, 0.29) is 5.78 Å². The number of carbonyl (C=O) groups excluding carboxylic acids is 1. The number of aromatic nitrogens is 1. The van der Waals surface area contributed by atoms with Crippen LogP contribution in [0.1, 0.15) is 17.4 Å². The summed E-state index contributed by atoms with van der Waals surface area (Å²) in [6, 6.07) is 9.66. The molecular formula is C11H9NO. The molecule has 0 unspecified atom stereocenters. The van der Waals surface area contributed by atoms with Crippen LogP contribution in [0.25, 0.3) is 10.8 Å². The monoisotopic (exact) mass is 171 g/mol. The molecule has 0 aliphatic carbocycles. The van der Waals surface area contributed by atoms with Crippen LogP contribution in [0.15, 0.2) is 36.5 Å². The number of rotatable bonds is 1. The molecule has 0 saturated carbocycles. The molecule has 13 heavy (non-hydrogen) atoms. The molecule has 64 valence electrons. The second kappa shape index (κ2) is 2.98. The van der Waals surface area contributed by atoms with Gasteiger partial charge in [-0.25, -0.2) is 0 Å². The molecule has 1 heterocycles. The van der Waals surface area contributed by atoms with E-state index in [2.05, 4.69) is 4.98 Å². The second-order valence-corrected chi connectivity index (χ2v) is 2.94. The molecule has 0 aliphatic heterocycles. The van der Waals surface area contributed by atoms with Crippen LogP contribution < -0.4 is 0 Å². The van der Waals surface area contributed by atoms with Crippen molar-refractivity contribution in [3.63, 3.8) is 0 Å². The number of hydrogen-bond acceptors (Lipinski definition) is 2. The lowest BCUT2D eigenvalue weighted by atomic mass is 10.1. The topological polar surface area (TPSA) is 30.0 Å². The van der Waals surface area contributed by atoms with Crippen LogP contribution in [0.2, 0.25) is 0 Å². The number of nitrogens with zero attached hydrogens (tertiary/aromatic N) is 1. The summed E-state index contributed by atoms with van der Waals surface area (Å²) in [5.74, 6) is 0.0109. The summed E-state index contributed by atoms with van der Waals surface area (Å²) < 4.78 is 0. The molecule has 0 radical (unpaired) electrons. The molecule has 0 atom stereocenters. The van der Waals surface area contributed by atoms with Crippen molar-refractivity contribution in [2.75, 3.05) is 0 Å². The summed E-state index contributed by atoms with van der Waals surface area (Å²) in [6.07, 6.45) is 1.67. The fourth-order valence-electron chi connectivity index (χ4n) is 1.40.